The molecule has 17 heavy (non-hydrogen) atoms. The maximum Gasteiger partial charge on any atom is 0.130 e. The van der Waals surface area contributed by atoms with Crippen LogP contribution in [0.25, 0.3) is 0 Å². The van der Waals surface area contributed by atoms with Crippen molar-refractivity contribution in [3.05, 3.63) is 58.6 Å². The molecule has 1 nitrogen and oxygen atoms in total. The third-order valence-corrected chi connectivity index (χ3v) is 3.30. The third kappa shape index (κ3) is 3.24. The van der Waals surface area contributed by atoms with Gasteiger partial charge in [-0.15, -0.1) is 0 Å². The monoisotopic (exact) mass is 310 g/mol. The molecule has 0 bridgehead atoms. The molecule has 0 aliphatic heterocycles. The highest BCUT2D eigenvalue weighted by Crippen LogP contribution is 2.27. The first-order valence-corrected chi connectivity index (χ1v) is 6.78. The van der Waals surface area contributed by atoms with Crippen LogP contribution < -0.4 is 4.74 Å². The zero-order valence-electron chi connectivity index (χ0n) is 9.41. The van der Waals surface area contributed by atoms with Crippen molar-refractivity contribution >= 4 is 27.5 Å². The number of hydrogen-bond acceptors (Lipinski definition) is 1. The van der Waals surface area contributed by atoms with Crippen LogP contribution in [0.5, 0.6) is 11.5 Å². The van der Waals surface area contributed by atoms with Gasteiger partial charge in [0.1, 0.15) is 11.5 Å². The molecule has 0 aliphatic rings. The van der Waals surface area contributed by atoms with Crippen molar-refractivity contribution in [2.24, 2.45) is 0 Å². The Morgan fingerprint density at radius 2 is 2.00 bits per heavy atom. The molecule has 0 spiro atoms. The number of rotatable bonds is 3. The molecule has 0 aliphatic carbocycles. The minimum Gasteiger partial charge on any atom is -0.457 e. The van der Waals surface area contributed by atoms with Gasteiger partial charge in [0.05, 0.1) is 0 Å². The summed E-state index contributed by atoms with van der Waals surface area (Å²) in [6.07, 6.45) is 0. The van der Waals surface area contributed by atoms with Crippen LogP contribution in [0.4, 0.5) is 0 Å². The first kappa shape index (κ1) is 12.5. The van der Waals surface area contributed by atoms with Gasteiger partial charge in [-0.2, -0.15) is 0 Å². The molecule has 0 radical (unpaired) electrons. The van der Waals surface area contributed by atoms with Crippen LogP contribution >= 0.6 is 27.5 Å². The minimum atomic E-state index is 0.678. The molecule has 0 heterocycles. The van der Waals surface area contributed by atoms with Crippen molar-refractivity contribution in [1.29, 1.82) is 0 Å². The largest absolute Gasteiger partial charge is 0.457 e. The van der Waals surface area contributed by atoms with Crippen LogP contribution in [0.3, 0.4) is 0 Å². The van der Waals surface area contributed by atoms with Gasteiger partial charge in [0.15, 0.2) is 0 Å². The Kier molecular flexibility index (Phi) is 4.08. The quantitative estimate of drug-likeness (QED) is 0.696. The van der Waals surface area contributed by atoms with Crippen LogP contribution in [0.1, 0.15) is 11.1 Å². The molecule has 2 aromatic carbocycles. The maximum absolute atomic E-state index is 5.91. The maximum atomic E-state index is 5.91. The van der Waals surface area contributed by atoms with Crippen molar-refractivity contribution in [3.63, 3.8) is 0 Å². The second-order valence-electron chi connectivity index (χ2n) is 3.79. The molecule has 88 valence electrons. The summed E-state index contributed by atoms with van der Waals surface area (Å²) in [5.74, 6) is 1.61. The highest BCUT2D eigenvalue weighted by atomic mass is 79.9. The minimum absolute atomic E-state index is 0.678. The average Bonchev–Trinajstić information content (AvgIpc) is 2.32. The smallest absolute Gasteiger partial charge is 0.130 e. The fraction of sp³-hybridized carbons (Fsp3) is 0.143. The van der Waals surface area contributed by atoms with E-state index >= 15 is 0 Å². The van der Waals surface area contributed by atoms with E-state index in [0.29, 0.717) is 5.02 Å². The lowest BCUT2D eigenvalue weighted by Crippen LogP contribution is -1.89. The normalized spacial score (nSPS) is 10.3. The second kappa shape index (κ2) is 5.56. The molecule has 0 saturated carbocycles. The van der Waals surface area contributed by atoms with Crippen molar-refractivity contribution in [2.45, 2.75) is 12.3 Å². The highest BCUT2D eigenvalue weighted by Gasteiger charge is 2.03. The number of halogens is 2. The van der Waals surface area contributed by atoms with E-state index in [1.54, 1.807) is 6.07 Å². The fourth-order valence-corrected chi connectivity index (χ4v) is 2.10. The number of aryl methyl sites for hydroxylation is 1. The molecule has 0 aromatic heterocycles. The first-order valence-electron chi connectivity index (χ1n) is 5.28. The highest BCUT2D eigenvalue weighted by molar-refractivity contribution is 9.08. The van der Waals surface area contributed by atoms with Crippen LogP contribution in [-0.4, -0.2) is 0 Å². The van der Waals surface area contributed by atoms with Crippen molar-refractivity contribution in [3.8, 4) is 11.5 Å². The first-order chi connectivity index (χ1) is 8.19. The van der Waals surface area contributed by atoms with E-state index in [4.69, 9.17) is 16.3 Å². The lowest BCUT2D eigenvalue weighted by Gasteiger charge is -2.09. The van der Waals surface area contributed by atoms with Crippen molar-refractivity contribution in [2.75, 3.05) is 0 Å². The van der Waals surface area contributed by atoms with Crippen molar-refractivity contribution < 1.29 is 4.74 Å². The van der Waals surface area contributed by atoms with Gasteiger partial charge in [-0.05, 0) is 42.3 Å². The van der Waals surface area contributed by atoms with Gasteiger partial charge in [-0.3, -0.25) is 0 Å². The predicted molar refractivity (Wildman–Crippen MR) is 75.3 cm³/mol. The second-order valence-corrected chi connectivity index (χ2v) is 4.79. The van der Waals surface area contributed by atoms with Crippen LogP contribution in [0.2, 0.25) is 5.02 Å². The molecule has 0 atom stereocenters. The zero-order valence-corrected chi connectivity index (χ0v) is 11.8. The van der Waals surface area contributed by atoms with E-state index in [0.717, 1.165) is 22.4 Å². The van der Waals surface area contributed by atoms with E-state index < -0.39 is 0 Å². The lowest BCUT2D eigenvalue weighted by molar-refractivity contribution is 0.479. The van der Waals surface area contributed by atoms with Crippen LogP contribution in [0, 0.1) is 6.92 Å². The Morgan fingerprint density at radius 3 is 2.65 bits per heavy atom. The van der Waals surface area contributed by atoms with Gasteiger partial charge in [0, 0.05) is 10.4 Å². The lowest BCUT2D eigenvalue weighted by atomic mass is 10.1. The Labute approximate surface area is 115 Å². The molecular weight excluding hydrogens is 300 g/mol. The molecule has 0 N–H and O–H groups in total. The molecule has 2 rings (SSSR count). The molecule has 0 amide bonds. The van der Waals surface area contributed by atoms with E-state index in [1.807, 2.05) is 37.3 Å². The van der Waals surface area contributed by atoms with Crippen LogP contribution in [0.15, 0.2) is 42.5 Å². The molecule has 2 aromatic rings. The van der Waals surface area contributed by atoms with Gasteiger partial charge < -0.3 is 4.74 Å². The number of alkyl halides is 1. The summed E-state index contributed by atoms with van der Waals surface area (Å²) in [7, 11) is 0. The summed E-state index contributed by atoms with van der Waals surface area (Å²) in [4.78, 5) is 0. The fourth-order valence-electron chi connectivity index (χ4n) is 1.57. The predicted octanol–water partition coefficient (Wildman–Crippen LogP) is 5.34. The topological polar surface area (TPSA) is 9.23 Å². The van der Waals surface area contributed by atoms with Gasteiger partial charge in [0.2, 0.25) is 0 Å². The number of hydrogen-bond donors (Lipinski definition) is 0. The zero-order chi connectivity index (χ0) is 12.3. The number of benzene rings is 2. The molecule has 0 saturated heterocycles. The third-order valence-electron chi connectivity index (χ3n) is 2.42. The molecule has 0 fully saturated rings. The summed E-state index contributed by atoms with van der Waals surface area (Å²) in [5.41, 5.74) is 2.35. The summed E-state index contributed by atoms with van der Waals surface area (Å²) in [6, 6.07) is 13.5. The van der Waals surface area contributed by atoms with E-state index in [-0.39, 0.29) is 0 Å². The Bertz CT molecular complexity index is 525. The molecule has 3 heteroatoms. The Hall–Kier alpha value is -0.990. The van der Waals surface area contributed by atoms with E-state index in [9.17, 15) is 0 Å². The van der Waals surface area contributed by atoms with Gasteiger partial charge >= 0.3 is 0 Å². The summed E-state index contributed by atoms with van der Waals surface area (Å²) < 4.78 is 5.79. The average molecular weight is 312 g/mol. The van der Waals surface area contributed by atoms with E-state index in [2.05, 4.69) is 22.0 Å². The number of ether oxygens (including phenoxy) is 1. The summed E-state index contributed by atoms with van der Waals surface area (Å²) in [5, 5.41) is 1.53. The van der Waals surface area contributed by atoms with Gasteiger partial charge in [-0.1, -0.05) is 45.7 Å². The molecule has 0 unspecified atom stereocenters. The summed E-state index contributed by atoms with van der Waals surface area (Å²) >= 11 is 9.35. The molecular formula is C14H12BrClO. The standard InChI is InChI=1S/C14H12BrClO/c1-10-7-11(9-15)5-6-14(10)17-13-4-2-3-12(16)8-13/h2-8H,9H2,1H3. The Balaban J connectivity index is 2.24. The van der Waals surface area contributed by atoms with Gasteiger partial charge in [-0.25, -0.2) is 0 Å². The van der Waals surface area contributed by atoms with E-state index in [1.165, 1.54) is 5.56 Å². The van der Waals surface area contributed by atoms with Crippen LogP contribution in [-0.2, 0) is 5.33 Å². The van der Waals surface area contributed by atoms with Gasteiger partial charge in [0.25, 0.3) is 0 Å². The SMILES string of the molecule is Cc1cc(CBr)ccc1Oc1cccc(Cl)c1. The Morgan fingerprint density at radius 1 is 1.18 bits per heavy atom. The van der Waals surface area contributed by atoms with Crippen molar-refractivity contribution in [1.82, 2.24) is 0 Å². The summed E-state index contributed by atoms with van der Waals surface area (Å²) in [6.45, 7) is 2.03.